The summed E-state index contributed by atoms with van der Waals surface area (Å²) >= 11 is 2.10. The highest BCUT2D eigenvalue weighted by Gasteiger charge is 2.16. The number of benzene rings is 1. The molecule has 1 aromatic rings. The summed E-state index contributed by atoms with van der Waals surface area (Å²) < 4.78 is 0. The summed E-state index contributed by atoms with van der Waals surface area (Å²) in [6, 6.07) is 9.23. The number of thioether (sulfide) groups is 1. The Labute approximate surface area is 128 Å². The second-order valence-electron chi connectivity index (χ2n) is 5.87. The van der Waals surface area contributed by atoms with E-state index >= 15 is 0 Å². The molecule has 0 spiro atoms. The molecular weight excluding hydrogens is 264 g/mol. The zero-order valence-electron chi connectivity index (χ0n) is 13.1. The van der Waals surface area contributed by atoms with E-state index < -0.39 is 0 Å². The molecule has 2 nitrogen and oxygen atoms in total. The Bertz CT molecular complexity index is 390. The smallest absolute Gasteiger partial charge is 0.0234 e. The van der Waals surface area contributed by atoms with Gasteiger partial charge < -0.3 is 5.32 Å². The summed E-state index contributed by atoms with van der Waals surface area (Å²) in [5, 5.41) is 4.20. The maximum atomic E-state index is 3.42. The fourth-order valence-corrected chi connectivity index (χ4v) is 3.80. The molecule has 20 heavy (non-hydrogen) atoms. The maximum absolute atomic E-state index is 3.42. The third kappa shape index (κ3) is 4.80. The van der Waals surface area contributed by atoms with Crippen LogP contribution < -0.4 is 5.32 Å². The normalized spacial score (nSPS) is 21.9. The van der Waals surface area contributed by atoms with Gasteiger partial charge in [-0.25, -0.2) is 0 Å². The summed E-state index contributed by atoms with van der Waals surface area (Å²) in [6.45, 7) is 12.5. The van der Waals surface area contributed by atoms with Crippen LogP contribution in [0.2, 0.25) is 0 Å². The van der Waals surface area contributed by atoms with Crippen molar-refractivity contribution in [3.63, 3.8) is 0 Å². The fraction of sp³-hybridized carbons (Fsp3) is 0.647. The van der Waals surface area contributed by atoms with E-state index in [4.69, 9.17) is 0 Å². The van der Waals surface area contributed by atoms with Crippen LogP contribution in [0.25, 0.3) is 0 Å². The zero-order chi connectivity index (χ0) is 14.4. The van der Waals surface area contributed by atoms with Crippen molar-refractivity contribution in [1.29, 1.82) is 0 Å². The van der Waals surface area contributed by atoms with Crippen LogP contribution in [0, 0.1) is 0 Å². The fourth-order valence-electron chi connectivity index (χ4n) is 2.72. The van der Waals surface area contributed by atoms with Gasteiger partial charge in [-0.1, -0.05) is 45.0 Å². The van der Waals surface area contributed by atoms with Crippen LogP contribution in [-0.2, 0) is 6.54 Å². The van der Waals surface area contributed by atoms with Gasteiger partial charge >= 0.3 is 0 Å². The highest BCUT2D eigenvalue weighted by molar-refractivity contribution is 7.99. The van der Waals surface area contributed by atoms with Gasteiger partial charge in [0.1, 0.15) is 0 Å². The Kier molecular flexibility index (Phi) is 6.40. The first-order chi connectivity index (χ1) is 9.69. The quantitative estimate of drug-likeness (QED) is 0.866. The first kappa shape index (κ1) is 15.9. The first-order valence-corrected chi connectivity index (χ1v) is 8.87. The van der Waals surface area contributed by atoms with Crippen molar-refractivity contribution < 1.29 is 0 Å². The van der Waals surface area contributed by atoms with E-state index in [2.05, 4.69) is 67.0 Å². The lowest BCUT2D eigenvalue weighted by atomic mass is 9.99. The van der Waals surface area contributed by atoms with Gasteiger partial charge in [-0.2, -0.15) is 11.8 Å². The van der Waals surface area contributed by atoms with E-state index in [0.717, 1.165) is 24.9 Å². The lowest BCUT2D eigenvalue weighted by Crippen LogP contribution is -2.35. The SMILES string of the molecule is CCNCC(C)c1ccc(CN2CCSC(C)C2)cc1. The molecule has 2 unspecified atom stereocenters. The predicted molar refractivity (Wildman–Crippen MR) is 90.6 cm³/mol. The van der Waals surface area contributed by atoms with Crippen molar-refractivity contribution in [3.05, 3.63) is 35.4 Å². The third-order valence-corrected chi connectivity index (χ3v) is 5.12. The van der Waals surface area contributed by atoms with Crippen molar-refractivity contribution in [2.75, 3.05) is 31.9 Å². The molecule has 0 aliphatic carbocycles. The van der Waals surface area contributed by atoms with Crippen LogP contribution in [0.4, 0.5) is 0 Å². The van der Waals surface area contributed by atoms with Gasteiger partial charge in [-0.15, -0.1) is 0 Å². The molecule has 1 heterocycles. The van der Waals surface area contributed by atoms with Crippen LogP contribution in [0.1, 0.15) is 37.8 Å². The van der Waals surface area contributed by atoms with Gasteiger partial charge in [0, 0.05) is 37.2 Å². The summed E-state index contributed by atoms with van der Waals surface area (Å²) in [7, 11) is 0. The molecule has 3 heteroatoms. The Morgan fingerprint density at radius 3 is 2.75 bits per heavy atom. The highest BCUT2D eigenvalue weighted by Crippen LogP contribution is 2.20. The molecule has 0 bridgehead atoms. The van der Waals surface area contributed by atoms with Gasteiger partial charge in [0.25, 0.3) is 0 Å². The van der Waals surface area contributed by atoms with Crippen LogP contribution in [0.15, 0.2) is 24.3 Å². The van der Waals surface area contributed by atoms with Crippen LogP contribution >= 0.6 is 11.8 Å². The van der Waals surface area contributed by atoms with Gasteiger partial charge in [0.05, 0.1) is 0 Å². The average molecular weight is 292 g/mol. The summed E-state index contributed by atoms with van der Waals surface area (Å²) in [5.74, 6) is 1.87. The lowest BCUT2D eigenvalue weighted by Gasteiger charge is -2.30. The minimum atomic E-state index is 0.593. The molecule has 1 N–H and O–H groups in total. The number of nitrogens with one attached hydrogen (secondary N) is 1. The first-order valence-electron chi connectivity index (χ1n) is 7.82. The lowest BCUT2D eigenvalue weighted by molar-refractivity contribution is 0.278. The molecule has 1 aromatic carbocycles. The van der Waals surface area contributed by atoms with E-state index in [0.29, 0.717) is 5.92 Å². The number of hydrogen-bond donors (Lipinski definition) is 1. The van der Waals surface area contributed by atoms with Gasteiger partial charge in [0.15, 0.2) is 0 Å². The van der Waals surface area contributed by atoms with Gasteiger partial charge in [-0.3, -0.25) is 4.90 Å². The maximum Gasteiger partial charge on any atom is 0.0234 e. The van der Waals surface area contributed by atoms with Crippen LogP contribution in [0.5, 0.6) is 0 Å². The van der Waals surface area contributed by atoms with E-state index in [1.165, 1.54) is 30.0 Å². The van der Waals surface area contributed by atoms with Crippen molar-refractivity contribution in [2.45, 2.75) is 38.5 Å². The van der Waals surface area contributed by atoms with E-state index in [9.17, 15) is 0 Å². The van der Waals surface area contributed by atoms with Crippen molar-refractivity contribution in [3.8, 4) is 0 Å². The summed E-state index contributed by atoms with van der Waals surface area (Å²) in [5.41, 5.74) is 2.89. The topological polar surface area (TPSA) is 15.3 Å². The van der Waals surface area contributed by atoms with Crippen LogP contribution in [-0.4, -0.2) is 42.1 Å². The molecule has 0 saturated carbocycles. The summed E-state index contributed by atoms with van der Waals surface area (Å²) in [6.07, 6.45) is 0. The standard InChI is InChI=1S/C17H28N2S/c1-4-18-11-14(2)17-7-5-16(6-8-17)13-19-9-10-20-15(3)12-19/h5-8,14-15,18H,4,9-13H2,1-3H3. The van der Waals surface area contributed by atoms with Crippen molar-refractivity contribution >= 4 is 11.8 Å². The molecule has 0 amide bonds. The van der Waals surface area contributed by atoms with E-state index in [1.54, 1.807) is 0 Å². The van der Waals surface area contributed by atoms with Crippen molar-refractivity contribution in [1.82, 2.24) is 10.2 Å². The molecule has 2 atom stereocenters. The Morgan fingerprint density at radius 1 is 1.35 bits per heavy atom. The molecule has 0 radical (unpaired) electrons. The minimum absolute atomic E-state index is 0.593. The number of hydrogen-bond acceptors (Lipinski definition) is 3. The molecule has 0 aromatic heterocycles. The number of likely N-dealkylation sites (N-methyl/N-ethyl adjacent to an activating group) is 1. The molecule has 2 rings (SSSR count). The Morgan fingerprint density at radius 2 is 2.10 bits per heavy atom. The minimum Gasteiger partial charge on any atom is -0.316 e. The second kappa shape index (κ2) is 8.06. The zero-order valence-corrected chi connectivity index (χ0v) is 13.9. The monoisotopic (exact) mass is 292 g/mol. The van der Waals surface area contributed by atoms with Gasteiger partial charge in [-0.05, 0) is 23.6 Å². The number of nitrogens with zero attached hydrogens (tertiary/aromatic N) is 1. The summed E-state index contributed by atoms with van der Waals surface area (Å²) in [4.78, 5) is 2.58. The Hall–Kier alpha value is -0.510. The van der Waals surface area contributed by atoms with Gasteiger partial charge in [0.2, 0.25) is 0 Å². The predicted octanol–water partition coefficient (Wildman–Crippen LogP) is 3.34. The van der Waals surface area contributed by atoms with Crippen molar-refractivity contribution in [2.24, 2.45) is 0 Å². The molecule has 1 aliphatic heterocycles. The molecular formula is C17H28N2S. The highest BCUT2D eigenvalue weighted by atomic mass is 32.2. The van der Waals surface area contributed by atoms with Crippen LogP contribution in [0.3, 0.4) is 0 Å². The van der Waals surface area contributed by atoms with E-state index in [-0.39, 0.29) is 0 Å². The number of rotatable bonds is 6. The van der Waals surface area contributed by atoms with E-state index in [1.807, 2.05) is 0 Å². The molecule has 1 aliphatic rings. The molecule has 1 fully saturated rings. The third-order valence-electron chi connectivity index (χ3n) is 3.98. The molecule has 112 valence electrons. The average Bonchev–Trinajstić information content (AvgIpc) is 2.45. The Balaban J connectivity index is 1.87. The second-order valence-corrected chi connectivity index (χ2v) is 7.41. The largest absolute Gasteiger partial charge is 0.316 e. The molecule has 1 saturated heterocycles.